The van der Waals surface area contributed by atoms with Crippen LogP contribution in [0.5, 0.6) is 11.5 Å². The number of carbonyl (C=O) groups excluding carboxylic acids is 2. The number of nitrogens with zero attached hydrogens (tertiary/aromatic N) is 4. The van der Waals surface area contributed by atoms with Crippen molar-refractivity contribution in [3.8, 4) is 22.9 Å². The summed E-state index contributed by atoms with van der Waals surface area (Å²) in [6.45, 7) is 1.09. The number of tetrazole rings is 1. The van der Waals surface area contributed by atoms with Crippen LogP contribution in [0.1, 0.15) is 6.42 Å². The fourth-order valence-corrected chi connectivity index (χ4v) is 2.85. The van der Waals surface area contributed by atoms with Crippen LogP contribution in [0.2, 0.25) is 5.02 Å². The summed E-state index contributed by atoms with van der Waals surface area (Å²) in [5.41, 5.74) is 1.24. The Morgan fingerprint density at radius 1 is 1.07 bits per heavy atom. The van der Waals surface area contributed by atoms with Gasteiger partial charge in [-0.15, -0.1) is 10.2 Å². The number of nitrogens with one attached hydrogen (secondary N) is 2. The molecule has 0 aliphatic carbocycles. The third-order valence-electron chi connectivity index (χ3n) is 4.15. The molecule has 0 saturated heterocycles. The molecule has 0 saturated carbocycles. The van der Waals surface area contributed by atoms with E-state index in [1.807, 2.05) is 0 Å². The Morgan fingerprint density at radius 3 is 2.63 bits per heavy atom. The van der Waals surface area contributed by atoms with Crippen LogP contribution in [0.4, 0.5) is 10.5 Å². The molecular weight excluding hydrogens is 412 g/mol. The topological polar surface area (TPSA) is 120 Å². The molecule has 1 aliphatic heterocycles. The van der Waals surface area contributed by atoms with Crippen molar-refractivity contribution in [2.45, 2.75) is 13.0 Å². The largest absolute Gasteiger partial charge is 0.486 e. The number of aromatic nitrogens is 4. The van der Waals surface area contributed by atoms with Crippen molar-refractivity contribution in [2.75, 3.05) is 18.5 Å². The molecule has 1 aromatic heterocycles. The molecule has 2 N–H and O–H groups in total. The minimum atomic E-state index is -0.648. The summed E-state index contributed by atoms with van der Waals surface area (Å²) in [5, 5.41) is 17.5. The minimum Gasteiger partial charge on any atom is -0.486 e. The fourth-order valence-electron chi connectivity index (χ4n) is 2.73. The second-order valence-corrected chi connectivity index (χ2v) is 6.76. The van der Waals surface area contributed by atoms with Crippen LogP contribution in [0.15, 0.2) is 42.5 Å². The number of halogens is 1. The minimum absolute atomic E-state index is 0.00494. The zero-order valence-electron chi connectivity index (χ0n) is 15.7. The molecule has 3 amide bonds. The first-order valence-electron chi connectivity index (χ1n) is 9.11. The number of hydrogen-bond acceptors (Lipinski definition) is 7. The molecule has 0 atom stereocenters. The maximum Gasteiger partial charge on any atom is 0.325 e. The van der Waals surface area contributed by atoms with Gasteiger partial charge < -0.3 is 14.8 Å². The van der Waals surface area contributed by atoms with Gasteiger partial charge >= 0.3 is 6.03 Å². The number of hydrogen-bond donors (Lipinski definition) is 2. The molecule has 2 aromatic carbocycles. The van der Waals surface area contributed by atoms with E-state index in [4.69, 9.17) is 21.1 Å². The zero-order valence-corrected chi connectivity index (χ0v) is 16.4. The van der Waals surface area contributed by atoms with E-state index in [0.29, 0.717) is 41.2 Å². The Hall–Kier alpha value is -3.66. The van der Waals surface area contributed by atoms with Gasteiger partial charge in [-0.3, -0.25) is 10.1 Å². The number of amides is 3. The number of urea groups is 1. The lowest BCUT2D eigenvalue weighted by Gasteiger charge is -2.19. The third-order valence-corrected chi connectivity index (χ3v) is 4.40. The molecule has 11 heteroatoms. The Bertz CT molecular complexity index is 1070. The first-order chi connectivity index (χ1) is 14.6. The SMILES string of the molecule is O=C(CCn1nnc(-c2ccc(Cl)cc2)n1)NC(=O)Nc1ccc2c(c1)OCCO2. The second-order valence-electron chi connectivity index (χ2n) is 6.33. The predicted molar refractivity (Wildman–Crippen MR) is 107 cm³/mol. The van der Waals surface area contributed by atoms with Crippen molar-refractivity contribution in [1.29, 1.82) is 0 Å². The Morgan fingerprint density at radius 2 is 1.83 bits per heavy atom. The average Bonchev–Trinajstić information content (AvgIpc) is 3.22. The molecule has 2 heterocycles. The van der Waals surface area contributed by atoms with Crippen molar-refractivity contribution in [3.63, 3.8) is 0 Å². The number of fused-ring (bicyclic) bond motifs is 1. The number of anilines is 1. The molecule has 0 spiro atoms. The summed E-state index contributed by atoms with van der Waals surface area (Å²) in [4.78, 5) is 25.4. The standard InChI is InChI=1S/C19H17ClN6O4/c20-13-3-1-12(2-4-13)18-23-25-26(24-18)8-7-17(27)22-19(28)21-14-5-6-15-16(11-14)30-10-9-29-15/h1-6,11H,7-10H2,(H2,21,22,27,28). The molecule has 10 nitrogen and oxygen atoms in total. The van der Waals surface area contributed by atoms with Crippen LogP contribution in [-0.2, 0) is 11.3 Å². The summed E-state index contributed by atoms with van der Waals surface area (Å²) < 4.78 is 10.9. The molecule has 30 heavy (non-hydrogen) atoms. The van der Waals surface area contributed by atoms with Crippen molar-refractivity contribution < 1.29 is 19.1 Å². The number of ether oxygens (including phenoxy) is 2. The Balaban J connectivity index is 1.26. The molecule has 3 aromatic rings. The highest BCUT2D eigenvalue weighted by atomic mass is 35.5. The van der Waals surface area contributed by atoms with Gasteiger partial charge in [0, 0.05) is 28.8 Å². The van der Waals surface area contributed by atoms with E-state index >= 15 is 0 Å². The molecule has 1 aliphatic rings. The van der Waals surface area contributed by atoms with Crippen molar-refractivity contribution >= 4 is 29.2 Å². The first-order valence-corrected chi connectivity index (χ1v) is 9.49. The molecule has 0 fully saturated rings. The summed E-state index contributed by atoms with van der Waals surface area (Å²) in [6, 6.07) is 11.4. The van der Waals surface area contributed by atoms with Crippen molar-refractivity contribution in [1.82, 2.24) is 25.5 Å². The molecule has 0 bridgehead atoms. The van der Waals surface area contributed by atoms with Crippen molar-refractivity contribution in [3.05, 3.63) is 47.5 Å². The van der Waals surface area contributed by atoms with E-state index in [2.05, 4.69) is 26.0 Å². The first kappa shape index (κ1) is 19.6. The monoisotopic (exact) mass is 428 g/mol. The average molecular weight is 429 g/mol. The smallest absolute Gasteiger partial charge is 0.325 e. The van der Waals surface area contributed by atoms with Gasteiger partial charge in [-0.05, 0) is 41.6 Å². The fraction of sp³-hybridized carbons (Fsp3) is 0.211. The van der Waals surface area contributed by atoms with E-state index in [1.165, 1.54) is 4.80 Å². The third kappa shape index (κ3) is 4.84. The predicted octanol–water partition coefficient (Wildman–Crippen LogP) is 2.50. The van der Waals surface area contributed by atoms with E-state index in [9.17, 15) is 9.59 Å². The van der Waals surface area contributed by atoms with Gasteiger partial charge in [0.25, 0.3) is 0 Å². The van der Waals surface area contributed by atoms with E-state index in [0.717, 1.165) is 5.56 Å². The normalized spacial score (nSPS) is 12.3. The van der Waals surface area contributed by atoms with Gasteiger partial charge in [0.1, 0.15) is 13.2 Å². The molecule has 0 radical (unpaired) electrons. The number of aryl methyl sites for hydroxylation is 1. The van der Waals surface area contributed by atoms with Gasteiger partial charge in [-0.2, -0.15) is 4.80 Å². The number of rotatable bonds is 5. The van der Waals surface area contributed by atoms with E-state index < -0.39 is 11.9 Å². The lowest BCUT2D eigenvalue weighted by molar-refractivity contribution is -0.120. The zero-order chi connectivity index (χ0) is 20.9. The van der Waals surface area contributed by atoms with Crippen LogP contribution in [-0.4, -0.2) is 45.4 Å². The van der Waals surface area contributed by atoms with Crippen LogP contribution >= 0.6 is 11.6 Å². The Kier molecular flexibility index (Phi) is 5.75. The maximum atomic E-state index is 12.0. The maximum absolute atomic E-state index is 12.0. The van der Waals surface area contributed by atoms with Crippen LogP contribution < -0.4 is 20.1 Å². The molecule has 0 unspecified atom stereocenters. The Labute approximate surface area is 176 Å². The number of benzene rings is 2. The van der Waals surface area contributed by atoms with Crippen LogP contribution in [0.3, 0.4) is 0 Å². The van der Waals surface area contributed by atoms with Gasteiger partial charge in [-0.1, -0.05) is 11.6 Å². The van der Waals surface area contributed by atoms with Crippen molar-refractivity contribution in [2.24, 2.45) is 0 Å². The highest BCUT2D eigenvalue weighted by Gasteiger charge is 2.14. The van der Waals surface area contributed by atoms with E-state index in [1.54, 1.807) is 42.5 Å². The van der Waals surface area contributed by atoms with Gasteiger partial charge in [0.2, 0.25) is 11.7 Å². The van der Waals surface area contributed by atoms with E-state index in [-0.39, 0.29) is 13.0 Å². The molecule has 4 rings (SSSR count). The molecular formula is C19H17ClN6O4. The lowest BCUT2D eigenvalue weighted by atomic mass is 10.2. The van der Waals surface area contributed by atoms with Crippen LogP contribution in [0, 0.1) is 0 Å². The highest BCUT2D eigenvalue weighted by Crippen LogP contribution is 2.32. The number of imide groups is 1. The summed E-state index contributed by atoms with van der Waals surface area (Å²) >= 11 is 5.86. The number of carbonyl (C=O) groups is 2. The highest BCUT2D eigenvalue weighted by molar-refractivity contribution is 6.30. The summed E-state index contributed by atoms with van der Waals surface area (Å²) in [6.07, 6.45) is 0.00494. The lowest BCUT2D eigenvalue weighted by Crippen LogP contribution is -2.35. The second kappa shape index (κ2) is 8.78. The van der Waals surface area contributed by atoms with Crippen LogP contribution in [0.25, 0.3) is 11.4 Å². The van der Waals surface area contributed by atoms with Gasteiger partial charge in [0.05, 0.1) is 6.54 Å². The quantitative estimate of drug-likeness (QED) is 0.640. The van der Waals surface area contributed by atoms with Gasteiger partial charge in [0.15, 0.2) is 11.5 Å². The van der Waals surface area contributed by atoms with Gasteiger partial charge in [-0.25, -0.2) is 4.79 Å². The summed E-state index contributed by atoms with van der Waals surface area (Å²) in [5.74, 6) is 1.10. The summed E-state index contributed by atoms with van der Waals surface area (Å²) in [7, 11) is 0. The molecule has 154 valence electrons.